The smallest absolute Gasteiger partial charge is 0.0992 e. The SMILES string of the molecule is CC(C)=CCN1CCC(Nc2cc(C#N)ccc2C)CC1. The molecule has 1 aliphatic rings. The van der Waals surface area contributed by atoms with E-state index in [2.05, 4.69) is 43.1 Å². The Bertz CT molecular complexity index is 542. The van der Waals surface area contributed by atoms with Crippen molar-refractivity contribution in [2.45, 2.75) is 39.7 Å². The van der Waals surface area contributed by atoms with Gasteiger partial charge in [-0.15, -0.1) is 0 Å². The molecular weight excluding hydrogens is 258 g/mol. The predicted molar refractivity (Wildman–Crippen MR) is 88.4 cm³/mol. The molecule has 0 aromatic heterocycles. The van der Waals surface area contributed by atoms with Gasteiger partial charge in [0.05, 0.1) is 11.6 Å². The minimum atomic E-state index is 0.514. The largest absolute Gasteiger partial charge is 0.382 e. The van der Waals surface area contributed by atoms with Gasteiger partial charge in [-0.3, -0.25) is 4.90 Å². The van der Waals surface area contributed by atoms with E-state index in [-0.39, 0.29) is 0 Å². The summed E-state index contributed by atoms with van der Waals surface area (Å²) in [7, 11) is 0. The minimum Gasteiger partial charge on any atom is -0.382 e. The van der Waals surface area contributed by atoms with Gasteiger partial charge in [0.2, 0.25) is 0 Å². The van der Waals surface area contributed by atoms with Crippen LogP contribution in [0.25, 0.3) is 0 Å². The fourth-order valence-electron chi connectivity index (χ4n) is 2.64. The van der Waals surface area contributed by atoms with Crippen molar-refractivity contribution in [2.75, 3.05) is 25.0 Å². The highest BCUT2D eigenvalue weighted by molar-refractivity contribution is 5.55. The van der Waals surface area contributed by atoms with Gasteiger partial charge in [0.15, 0.2) is 0 Å². The van der Waals surface area contributed by atoms with Crippen molar-refractivity contribution < 1.29 is 0 Å². The number of nitrogens with zero attached hydrogens (tertiary/aromatic N) is 2. The Hall–Kier alpha value is -1.79. The first kappa shape index (κ1) is 15.6. The Morgan fingerprint density at radius 3 is 2.71 bits per heavy atom. The second kappa shape index (κ2) is 7.28. The maximum absolute atomic E-state index is 9.01. The number of benzene rings is 1. The Balaban J connectivity index is 1.89. The molecule has 0 atom stereocenters. The van der Waals surface area contributed by atoms with Crippen LogP contribution < -0.4 is 5.32 Å². The molecule has 1 heterocycles. The molecule has 3 nitrogen and oxygen atoms in total. The second-order valence-corrected chi connectivity index (χ2v) is 6.14. The van der Waals surface area contributed by atoms with E-state index in [0.29, 0.717) is 6.04 Å². The standard InChI is InChI=1S/C18H25N3/c1-14(2)6-9-21-10-7-17(8-11-21)20-18-12-16(13-19)5-4-15(18)3/h4-6,12,17,20H,7-11H2,1-3H3. The molecule has 2 rings (SSSR count). The first-order chi connectivity index (χ1) is 10.1. The van der Waals surface area contributed by atoms with Gasteiger partial charge >= 0.3 is 0 Å². The molecule has 1 aromatic carbocycles. The fraction of sp³-hybridized carbons (Fsp3) is 0.500. The van der Waals surface area contributed by atoms with E-state index in [9.17, 15) is 0 Å². The summed E-state index contributed by atoms with van der Waals surface area (Å²) in [4.78, 5) is 2.50. The van der Waals surface area contributed by atoms with E-state index >= 15 is 0 Å². The van der Waals surface area contributed by atoms with E-state index in [4.69, 9.17) is 5.26 Å². The summed E-state index contributed by atoms with van der Waals surface area (Å²) in [5.41, 5.74) is 4.43. The summed E-state index contributed by atoms with van der Waals surface area (Å²) in [5.74, 6) is 0. The van der Waals surface area contributed by atoms with Crippen LogP contribution in [0.4, 0.5) is 5.69 Å². The van der Waals surface area contributed by atoms with E-state index in [1.807, 2.05) is 18.2 Å². The Morgan fingerprint density at radius 2 is 2.10 bits per heavy atom. The van der Waals surface area contributed by atoms with Crippen molar-refractivity contribution in [1.82, 2.24) is 4.90 Å². The minimum absolute atomic E-state index is 0.514. The van der Waals surface area contributed by atoms with Gasteiger partial charge in [0.1, 0.15) is 0 Å². The third kappa shape index (κ3) is 4.61. The van der Waals surface area contributed by atoms with Crippen LogP contribution in [-0.4, -0.2) is 30.6 Å². The van der Waals surface area contributed by atoms with Gasteiger partial charge in [-0.05, 0) is 51.3 Å². The number of hydrogen-bond donors (Lipinski definition) is 1. The number of rotatable bonds is 4. The monoisotopic (exact) mass is 283 g/mol. The second-order valence-electron chi connectivity index (χ2n) is 6.14. The summed E-state index contributed by atoms with van der Waals surface area (Å²) >= 11 is 0. The van der Waals surface area contributed by atoms with Crippen LogP contribution in [-0.2, 0) is 0 Å². The number of anilines is 1. The Labute approximate surface area is 128 Å². The van der Waals surface area contributed by atoms with Crippen LogP contribution in [0.2, 0.25) is 0 Å². The molecule has 0 radical (unpaired) electrons. The third-order valence-corrected chi connectivity index (χ3v) is 4.07. The van der Waals surface area contributed by atoms with Crippen LogP contribution in [0.5, 0.6) is 0 Å². The number of nitrogens with one attached hydrogen (secondary N) is 1. The van der Waals surface area contributed by atoms with Crippen molar-refractivity contribution in [2.24, 2.45) is 0 Å². The number of allylic oxidation sites excluding steroid dienone is 1. The van der Waals surface area contributed by atoms with Crippen molar-refractivity contribution in [3.05, 3.63) is 41.0 Å². The quantitative estimate of drug-likeness (QED) is 0.856. The Morgan fingerprint density at radius 1 is 1.38 bits per heavy atom. The van der Waals surface area contributed by atoms with E-state index in [0.717, 1.165) is 43.7 Å². The van der Waals surface area contributed by atoms with Crippen molar-refractivity contribution in [1.29, 1.82) is 5.26 Å². The maximum atomic E-state index is 9.01. The van der Waals surface area contributed by atoms with E-state index in [1.54, 1.807) is 0 Å². The van der Waals surface area contributed by atoms with Gasteiger partial charge < -0.3 is 5.32 Å². The number of likely N-dealkylation sites (tertiary alicyclic amines) is 1. The van der Waals surface area contributed by atoms with E-state index in [1.165, 1.54) is 11.1 Å². The number of nitriles is 1. The summed E-state index contributed by atoms with van der Waals surface area (Å²) < 4.78 is 0. The average molecular weight is 283 g/mol. The van der Waals surface area contributed by atoms with Crippen LogP contribution in [0.15, 0.2) is 29.8 Å². The molecular formula is C18H25N3. The summed E-state index contributed by atoms with van der Waals surface area (Å²) in [6.45, 7) is 9.74. The zero-order valence-electron chi connectivity index (χ0n) is 13.3. The van der Waals surface area contributed by atoms with Gasteiger partial charge in [-0.1, -0.05) is 17.7 Å². The van der Waals surface area contributed by atoms with Crippen molar-refractivity contribution in [3.63, 3.8) is 0 Å². The molecule has 0 aliphatic carbocycles. The average Bonchev–Trinajstić information content (AvgIpc) is 2.48. The highest BCUT2D eigenvalue weighted by Gasteiger charge is 2.18. The summed E-state index contributed by atoms with van der Waals surface area (Å²) in [6, 6.07) is 8.59. The zero-order chi connectivity index (χ0) is 15.2. The van der Waals surface area contributed by atoms with Crippen molar-refractivity contribution >= 4 is 5.69 Å². The molecule has 112 valence electrons. The lowest BCUT2D eigenvalue weighted by Crippen LogP contribution is -2.39. The molecule has 1 aromatic rings. The third-order valence-electron chi connectivity index (χ3n) is 4.07. The van der Waals surface area contributed by atoms with Gasteiger partial charge in [-0.2, -0.15) is 5.26 Å². The normalized spacial score (nSPS) is 16.3. The molecule has 1 fully saturated rings. The first-order valence-corrected chi connectivity index (χ1v) is 7.71. The number of aryl methyl sites for hydroxylation is 1. The molecule has 1 aliphatic heterocycles. The molecule has 0 bridgehead atoms. The molecule has 0 saturated carbocycles. The summed E-state index contributed by atoms with van der Waals surface area (Å²) in [5, 5.41) is 12.6. The van der Waals surface area contributed by atoms with Gasteiger partial charge in [0.25, 0.3) is 0 Å². The van der Waals surface area contributed by atoms with Crippen molar-refractivity contribution in [3.8, 4) is 6.07 Å². The lowest BCUT2D eigenvalue weighted by molar-refractivity contribution is 0.240. The van der Waals surface area contributed by atoms with Crippen LogP contribution in [0.1, 0.15) is 37.8 Å². The number of piperidine rings is 1. The maximum Gasteiger partial charge on any atom is 0.0992 e. The molecule has 21 heavy (non-hydrogen) atoms. The summed E-state index contributed by atoms with van der Waals surface area (Å²) in [6.07, 6.45) is 4.62. The van der Waals surface area contributed by atoms with Gasteiger partial charge in [0, 0.05) is 31.4 Å². The molecule has 0 amide bonds. The molecule has 1 saturated heterocycles. The topological polar surface area (TPSA) is 39.1 Å². The Kier molecular flexibility index (Phi) is 5.41. The van der Waals surface area contributed by atoms with Gasteiger partial charge in [-0.25, -0.2) is 0 Å². The fourth-order valence-corrected chi connectivity index (χ4v) is 2.64. The molecule has 3 heteroatoms. The first-order valence-electron chi connectivity index (χ1n) is 7.71. The van der Waals surface area contributed by atoms with Crippen LogP contribution in [0, 0.1) is 18.3 Å². The van der Waals surface area contributed by atoms with E-state index < -0.39 is 0 Å². The van der Waals surface area contributed by atoms with Crippen LogP contribution in [0.3, 0.4) is 0 Å². The number of hydrogen-bond acceptors (Lipinski definition) is 3. The highest BCUT2D eigenvalue weighted by atomic mass is 15.1. The molecule has 0 unspecified atom stereocenters. The lowest BCUT2D eigenvalue weighted by atomic mass is 10.0. The molecule has 1 N–H and O–H groups in total. The highest BCUT2D eigenvalue weighted by Crippen LogP contribution is 2.21. The lowest BCUT2D eigenvalue weighted by Gasteiger charge is -2.32. The zero-order valence-corrected chi connectivity index (χ0v) is 13.3. The molecule has 0 spiro atoms. The van der Waals surface area contributed by atoms with Crippen LogP contribution >= 0.6 is 0 Å². The predicted octanol–water partition coefficient (Wildman–Crippen LogP) is 3.71.